The highest BCUT2D eigenvalue weighted by molar-refractivity contribution is 6.35. The second kappa shape index (κ2) is 8.39. The van der Waals surface area contributed by atoms with Gasteiger partial charge in [-0.2, -0.15) is 0 Å². The molecule has 32 heavy (non-hydrogen) atoms. The molecule has 0 bridgehead atoms. The predicted octanol–water partition coefficient (Wildman–Crippen LogP) is 6.88. The van der Waals surface area contributed by atoms with Crippen LogP contribution in [0.4, 0.5) is 0 Å². The largest absolute Gasteiger partial charge is 0.347 e. The predicted molar refractivity (Wildman–Crippen MR) is 131 cm³/mol. The highest BCUT2D eigenvalue weighted by Gasteiger charge is 2.23. The molecule has 1 amide bonds. The summed E-state index contributed by atoms with van der Waals surface area (Å²) in [7, 11) is 0. The molecule has 0 fully saturated rings. The number of carbonyl (C=O) groups is 1. The van der Waals surface area contributed by atoms with Crippen LogP contribution in [0.1, 0.15) is 36.8 Å². The molecular weight excluding hydrogens is 467 g/mol. The average molecular weight is 488 g/mol. The number of nitrogens with one attached hydrogen (secondary N) is 1. The Hall–Kier alpha value is -2.60. The second-order valence-electron chi connectivity index (χ2n) is 8.56. The van der Waals surface area contributed by atoms with Crippen LogP contribution in [0.15, 0.2) is 48.5 Å². The molecule has 0 saturated heterocycles. The maximum Gasteiger partial charge on any atom is 0.253 e. The van der Waals surface area contributed by atoms with Crippen molar-refractivity contribution in [3.8, 4) is 16.9 Å². The van der Waals surface area contributed by atoms with Crippen LogP contribution < -0.4 is 5.32 Å². The molecular formula is C24H21Cl3N4O. The van der Waals surface area contributed by atoms with Crippen LogP contribution in [-0.2, 0) is 0 Å². The summed E-state index contributed by atoms with van der Waals surface area (Å²) in [5.74, 6) is -0.191. The van der Waals surface area contributed by atoms with Crippen LogP contribution in [-0.4, -0.2) is 26.2 Å². The lowest BCUT2D eigenvalue weighted by molar-refractivity contribution is 0.0918. The number of aryl methyl sites for hydroxylation is 1. The van der Waals surface area contributed by atoms with Crippen LogP contribution >= 0.6 is 34.8 Å². The molecule has 2 aromatic carbocycles. The maximum atomic E-state index is 13.0. The quantitative estimate of drug-likeness (QED) is 0.342. The first kappa shape index (κ1) is 22.6. The van der Waals surface area contributed by atoms with Crippen LogP contribution in [0, 0.1) is 6.92 Å². The first-order chi connectivity index (χ1) is 15.0. The van der Waals surface area contributed by atoms with Crippen molar-refractivity contribution < 1.29 is 4.79 Å². The van der Waals surface area contributed by atoms with Crippen molar-refractivity contribution in [3.05, 3.63) is 74.9 Å². The molecule has 5 nitrogen and oxygen atoms in total. The summed E-state index contributed by atoms with van der Waals surface area (Å²) >= 11 is 18.7. The van der Waals surface area contributed by atoms with E-state index in [0.29, 0.717) is 37.7 Å². The summed E-state index contributed by atoms with van der Waals surface area (Å²) in [6.45, 7) is 7.61. The molecule has 4 rings (SSSR count). The normalized spacial score (nSPS) is 11.7. The molecule has 2 aromatic heterocycles. The van der Waals surface area contributed by atoms with E-state index in [1.54, 1.807) is 41.9 Å². The van der Waals surface area contributed by atoms with E-state index >= 15 is 0 Å². The van der Waals surface area contributed by atoms with Crippen LogP contribution in [0.3, 0.4) is 0 Å². The van der Waals surface area contributed by atoms with Crippen LogP contribution in [0.2, 0.25) is 15.1 Å². The van der Waals surface area contributed by atoms with Crippen molar-refractivity contribution in [3.63, 3.8) is 0 Å². The van der Waals surface area contributed by atoms with E-state index < -0.39 is 0 Å². The molecule has 8 heteroatoms. The van der Waals surface area contributed by atoms with E-state index in [1.165, 1.54) is 0 Å². The van der Waals surface area contributed by atoms with Crippen molar-refractivity contribution >= 4 is 51.7 Å². The van der Waals surface area contributed by atoms with Gasteiger partial charge < -0.3 is 5.32 Å². The van der Waals surface area contributed by atoms with Crippen molar-refractivity contribution in [2.24, 2.45) is 0 Å². The SMILES string of the molecule is Cc1nc2nn(-c3ccc(Cl)cc3Cl)c(-c3ccc(Cl)cc3)c2cc1C(=O)NC(C)(C)C. The fourth-order valence-corrected chi connectivity index (χ4v) is 4.07. The fourth-order valence-electron chi connectivity index (χ4n) is 3.45. The van der Waals surface area contributed by atoms with Crippen LogP contribution in [0.5, 0.6) is 0 Å². The Kier molecular flexibility index (Phi) is 5.93. The van der Waals surface area contributed by atoms with E-state index in [9.17, 15) is 4.79 Å². The number of fused-ring (bicyclic) bond motifs is 1. The first-order valence-electron chi connectivity index (χ1n) is 9.98. The Bertz CT molecular complexity index is 1340. The monoisotopic (exact) mass is 486 g/mol. The number of hydrogen-bond acceptors (Lipinski definition) is 3. The molecule has 0 radical (unpaired) electrons. The molecule has 1 N–H and O–H groups in total. The Morgan fingerprint density at radius 3 is 2.25 bits per heavy atom. The third kappa shape index (κ3) is 4.46. The van der Waals surface area contributed by atoms with Gasteiger partial charge in [-0.15, -0.1) is 5.10 Å². The van der Waals surface area contributed by atoms with Gasteiger partial charge in [0.15, 0.2) is 5.65 Å². The third-order valence-electron chi connectivity index (χ3n) is 4.84. The molecule has 0 atom stereocenters. The summed E-state index contributed by atoms with van der Waals surface area (Å²) in [5, 5.41) is 10.0. The van der Waals surface area contributed by atoms with Gasteiger partial charge in [0, 0.05) is 26.5 Å². The summed E-state index contributed by atoms with van der Waals surface area (Å²) in [5.41, 5.74) is 3.47. The first-order valence-corrected chi connectivity index (χ1v) is 11.1. The van der Waals surface area contributed by atoms with Gasteiger partial charge in [-0.25, -0.2) is 9.67 Å². The van der Waals surface area contributed by atoms with Gasteiger partial charge in [-0.05, 0) is 64.1 Å². The van der Waals surface area contributed by atoms with E-state index in [4.69, 9.17) is 39.9 Å². The van der Waals surface area contributed by atoms with Gasteiger partial charge in [0.05, 0.1) is 27.7 Å². The number of halogens is 3. The lowest BCUT2D eigenvalue weighted by atomic mass is 10.0. The topological polar surface area (TPSA) is 59.8 Å². The minimum Gasteiger partial charge on any atom is -0.347 e. The zero-order chi connectivity index (χ0) is 23.2. The minimum absolute atomic E-state index is 0.191. The third-order valence-corrected chi connectivity index (χ3v) is 5.63. The summed E-state index contributed by atoms with van der Waals surface area (Å²) < 4.78 is 1.73. The fraction of sp³-hybridized carbons (Fsp3) is 0.208. The number of rotatable bonds is 3. The molecule has 164 valence electrons. The van der Waals surface area contributed by atoms with Crippen molar-refractivity contribution in [2.45, 2.75) is 33.2 Å². The van der Waals surface area contributed by atoms with Gasteiger partial charge in [-0.1, -0.05) is 46.9 Å². The van der Waals surface area contributed by atoms with E-state index in [2.05, 4.69) is 10.3 Å². The van der Waals surface area contributed by atoms with E-state index in [0.717, 1.165) is 16.6 Å². The number of amides is 1. The Morgan fingerprint density at radius 1 is 0.969 bits per heavy atom. The number of nitrogens with zero attached hydrogens (tertiary/aromatic N) is 3. The number of hydrogen-bond donors (Lipinski definition) is 1. The molecule has 0 spiro atoms. The molecule has 0 saturated carbocycles. The number of benzene rings is 2. The standard InChI is InChI=1S/C24H21Cl3N4O/c1-13-17(23(32)29-24(2,3)4)12-18-21(14-5-7-15(25)8-6-14)31(30-22(18)28-13)20-10-9-16(26)11-19(20)27/h5-12H,1-4H3,(H,29,32). The zero-order valence-electron chi connectivity index (χ0n) is 18.0. The lowest BCUT2D eigenvalue weighted by Gasteiger charge is -2.21. The van der Waals surface area contributed by atoms with Crippen molar-refractivity contribution in [2.75, 3.05) is 0 Å². The second-order valence-corrected chi connectivity index (χ2v) is 9.84. The lowest BCUT2D eigenvalue weighted by Crippen LogP contribution is -2.40. The molecule has 0 unspecified atom stereocenters. The van der Waals surface area contributed by atoms with Gasteiger partial charge in [0.1, 0.15) is 0 Å². The van der Waals surface area contributed by atoms with Crippen molar-refractivity contribution in [1.82, 2.24) is 20.1 Å². The van der Waals surface area contributed by atoms with Crippen LogP contribution in [0.25, 0.3) is 28.0 Å². The van der Waals surface area contributed by atoms with Crippen molar-refractivity contribution in [1.29, 1.82) is 0 Å². The summed E-state index contributed by atoms with van der Waals surface area (Å²) in [6, 6.07) is 14.4. The number of carbonyl (C=O) groups excluding carboxylic acids is 1. The van der Waals surface area contributed by atoms with Gasteiger partial charge in [-0.3, -0.25) is 4.79 Å². The van der Waals surface area contributed by atoms with Gasteiger partial charge in [0.25, 0.3) is 5.91 Å². The van der Waals surface area contributed by atoms with Gasteiger partial charge >= 0.3 is 0 Å². The maximum absolute atomic E-state index is 13.0. The molecule has 0 aliphatic carbocycles. The average Bonchev–Trinajstić information content (AvgIpc) is 3.04. The highest BCUT2D eigenvalue weighted by Crippen LogP contribution is 2.35. The molecule has 2 heterocycles. The van der Waals surface area contributed by atoms with Gasteiger partial charge in [0.2, 0.25) is 0 Å². The molecule has 0 aliphatic heterocycles. The summed E-state index contributed by atoms with van der Waals surface area (Å²) in [4.78, 5) is 17.6. The zero-order valence-corrected chi connectivity index (χ0v) is 20.3. The highest BCUT2D eigenvalue weighted by atomic mass is 35.5. The molecule has 4 aromatic rings. The Morgan fingerprint density at radius 2 is 1.62 bits per heavy atom. The smallest absolute Gasteiger partial charge is 0.253 e. The van der Waals surface area contributed by atoms with E-state index in [-0.39, 0.29) is 11.4 Å². The Balaban J connectivity index is 2.00. The number of pyridine rings is 1. The number of aromatic nitrogens is 3. The Labute approximate surface area is 201 Å². The van der Waals surface area contributed by atoms with E-state index in [1.807, 2.05) is 39.0 Å². The minimum atomic E-state index is -0.376. The summed E-state index contributed by atoms with van der Waals surface area (Å²) in [6.07, 6.45) is 0. The molecule has 0 aliphatic rings.